The van der Waals surface area contributed by atoms with Crippen LogP contribution in [0.5, 0.6) is 0 Å². The number of hydrogen-bond donors (Lipinski definition) is 1. The van der Waals surface area contributed by atoms with E-state index in [-0.39, 0.29) is 10.7 Å². The standard InChI is InChI=1S/C12H12ClFN2O/c1-2-11(17)8-6-15-16(7-8)10-5-3-4-9(13)12(10)14/h3-7,11,17H,2H2,1H3. The first-order valence-corrected chi connectivity index (χ1v) is 5.68. The van der Waals surface area contributed by atoms with Crippen molar-refractivity contribution >= 4 is 11.6 Å². The van der Waals surface area contributed by atoms with Gasteiger partial charge < -0.3 is 5.11 Å². The molecule has 0 spiro atoms. The minimum absolute atomic E-state index is 0.0515. The summed E-state index contributed by atoms with van der Waals surface area (Å²) in [7, 11) is 0. The number of nitrogens with zero attached hydrogens (tertiary/aromatic N) is 2. The highest BCUT2D eigenvalue weighted by Gasteiger charge is 2.12. The van der Waals surface area contributed by atoms with Gasteiger partial charge in [0, 0.05) is 11.8 Å². The maximum atomic E-state index is 13.7. The van der Waals surface area contributed by atoms with E-state index in [2.05, 4.69) is 5.10 Å². The van der Waals surface area contributed by atoms with Crippen LogP contribution in [0.25, 0.3) is 5.69 Å². The van der Waals surface area contributed by atoms with Crippen molar-refractivity contribution in [1.29, 1.82) is 0 Å². The van der Waals surface area contributed by atoms with Crippen LogP contribution in [0.4, 0.5) is 4.39 Å². The quantitative estimate of drug-likeness (QED) is 0.914. The number of benzene rings is 1. The van der Waals surface area contributed by atoms with Crippen molar-refractivity contribution < 1.29 is 9.50 Å². The fourth-order valence-electron chi connectivity index (χ4n) is 1.55. The van der Waals surface area contributed by atoms with Gasteiger partial charge in [0.25, 0.3) is 0 Å². The molecule has 0 fully saturated rings. The zero-order valence-electron chi connectivity index (χ0n) is 9.27. The normalized spacial score (nSPS) is 12.7. The molecule has 17 heavy (non-hydrogen) atoms. The molecule has 1 N–H and O–H groups in total. The molecule has 5 heteroatoms. The maximum Gasteiger partial charge on any atom is 0.167 e. The minimum Gasteiger partial charge on any atom is -0.388 e. The Bertz CT molecular complexity index is 527. The molecule has 0 amide bonds. The Balaban J connectivity index is 2.40. The van der Waals surface area contributed by atoms with Crippen LogP contribution >= 0.6 is 11.6 Å². The zero-order chi connectivity index (χ0) is 12.4. The van der Waals surface area contributed by atoms with Crippen LogP contribution in [0.3, 0.4) is 0 Å². The molecule has 2 aromatic rings. The summed E-state index contributed by atoms with van der Waals surface area (Å²) in [6, 6.07) is 4.71. The van der Waals surface area contributed by atoms with Gasteiger partial charge in [-0.05, 0) is 18.6 Å². The second-order valence-corrected chi connectivity index (χ2v) is 4.12. The van der Waals surface area contributed by atoms with Crippen molar-refractivity contribution in [3.63, 3.8) is 0 Å². The predicted octanol–water partition coefficient (Wildman–Crippen LogP) is 3.11. The lowest BCUT2D eigenvalue weighted by Crippen LogP contribution is -1.98. The first kappa shape index (κ1) is 12.1. The molecule has 0 bridgehead atoms. The molecule has 0 aliphatic rings. The number of aliphatic hydroxyl groups excluding tert-OH is 1. The van der Waals surface area contributed by atoms with Gasteiger partial charge in [-0.2, -0.15) is 5.10 Å². The van der Waals surface area contributed by atoms with E-state index in [1.807, 2.05) is 6.92 Å². The fourth-order valence-corrected chi connectivity index (χ4v) is 1.72. The Hall–Kier alpha value is -1.39. The van der Waals surface area contributed by atoms with E-state index in [1.165, 1.54) is 16.9 Å². The summed E-state index contributed by atoms with van der Waals surface area (Å²) in [6.07, 6.45) is 3.13. The highest BCUT2D eigenvalue weighted by molar-refractivity contribution is 6.30. The van der Waals surface area contributed by atoms with Crippen LogP contribution < -0.4 is 0 Å². The van der Waals surface area contributed by atoms with Crippen molar-refractivity contribution in [2.24, 2.45) is 0 Å². The first-order chi connectivity index (χ1) is 8.13. The summed E-state index contributed by atoms with van der Waals surface area (Å²) in [5.74, 6) is -0.519. The topological polar surface area (TPSA) is 38.1 Å². The van der Waals surface area contributed by atoms with Gasteiger partial charge in [-0.15, -0.1) is 0 Å². The molecule has 0 saturated heterocycles. The Morgan fingerprint density at radius 1 is 1.53 bits per heavy atom. The van der Waals surface area contributed by atoms with Crippen molar-refractivity contribution in [1.82, 2.24) is 9.78 Å². The summed E-state index contributed by atoms with van der Waals surface area (Å²) in [4.78, 5) is 0. The van der Waals surface area contributed by atoms with Gasteiger partial charge >= 0.3 is 0 Å². The van der Waals surface area contributed by atoms with Gasteiger partial charge in [0.05, 0.1) is 17.3 Å². The van der Waals surface area contributed by atoms with E-state index >= 15 is 0 Å². The molecule has 3 nitrogen and oxygen atoms in total. The predicted molar refractivity (Wildman–Crippen MR) is 63.8 cm³/mol. The highest BCUT2D eigenvalue weighted by atomic mass is 35.5. The van der Waals surface area contributed by atoms with Crippen LogP contribution in [0.2, 0.25) is 5.02 Å². The minimum atomic E-state index is -0.578. The van der Waals surface area contributed by atoms with Crippen LogP contribution in [-0.2, 0) is 0 Å². The summed E-state index contributed by atoms with van der Waals surface area (Å²) in [6.45, 7) is 1.86. The van der Waals surface area contributed by atoms with Crippen LogP contribution in [0.1, 0.15) is 25.0 Å². The molecular formula is C12H12ClFN2O. The Labute approximate surface area is 103 Å². The Morgan fingerprint density at radius 2 is 2.29 bits per heavy atom. The first-order valence-electron chi connectivity index (χ1n) is 5.30. The molecule has 0 saturated carbocycles. The molecular weight excluding hydrogens is 243 g/mol. The molecule has 1 atom stereocenters. The summed E-state index contributed by atoms with van der Waals surface area (Å²) >= 11 is 5.69. The Kier molecular flexibility index (Phi) is 3.45. The summed E-state index contributed by atoms with van der Waals surface area (Å²) < 4.78 is 15.1. The van der Waals surface area contributed by atoms with Crippen molar-refractivity contribution in [3.05, 3.63) is 47.0 Å². The molecule has 1 heterocycles. The molecule has 2 rings (SSSR count). The van der Waals surface area contributed by atoms with Gasteiger partial charge in [0.1, 0.15) is 5.69 Å². The van der Waals surface area contributed by atoms with Gasteiger partial charge in [0.15, 0.2) is 5.82 Å². The van der Waals surface area contributed by atoms with E-state index in [0.717, 1.165) is 0 Å². The number of hydrogen-bond acceptors (Lipinski definition) is 2. The highest BCUT2D eigenvalue weighted by Crippen LogP contribution is 2.22. The number of halogens is 2. The van der Waals surface area contributed by atoms with E-state index in [0.29, 0.717) is 12.0 Å². The third kappa shape index (κ3) is 2.33. The SMILES string of the molecule is CCC(O)c1cnn(-c2cccc(Cl)c2F)c1. The monoisotopic (exact) mass is 254 g/mol. The van der Waals surface area contributed by atoms with Gasteiger partial charge in [-0.3, -0.25) is 0 Å². The van der Waals surface area contributed by atoms with Crippen LogP contribution in [-0.4, -0.2) is 14.9 Å². The molecule has 0 aliphatic carbocycles. The van der Waals surface area contributed by atoms with E-state index in [4.69, 9.17) is 11.6 Å². The van der Waals surface area contributed by atoms with Gasteiger partial charge in [-0.25, -0.2) is 9.07 Å². The van der Waals surface area contributed by atoms with Crippen LogP contribution in [0, 0.1) is 5.82 Å². The van der Waals surface area contributed by atoms with Crippen LogP contribution in [0.15, 0.2) is 30.6 Å². The van der Waals surface area contributed by atoms with Gasteiger partial charge in [0.2, 0.25) is 0 Å². The third-order valence-electron chi connectivity index (χ3n) is 2.55. The van der Waals surface area contributed by atoms with Gasteiger partial charge in [-0.1, -0.05) is 24.6 Å². The van der Waals surface area contributed by atoms with Crippen molar-refractivity contribution in [3.8, 4) is 5.69 Å². The van der Waals surface area contributed by atoms with Crippen molar-refractivity contribution in [2.45, 2.75) is 19.4 Å². The molecule has 0 radical (unpaired) electrons. The van der Waals surface area contributed by atoms with E-state index < -0.39 is 11.9 Å². The Morgan fingerprint density at radius 3 is 3.00 bits per heavy atom. The average molecular weight is 255 g/mol. The smallest absolute Gasteiger partial charge is 0.167 e. The number of rotatable bonds is 3. The fraction of sp³-hybridized carbons (Fsp3) is 0.250. The second kappa shape index (κ2) is 4.85. The maximum absolute atomic E-state index is 13.7. The summed E-state index contributed by atoms with van der Waals surface area (Å²) in [5.41, 5.74) is 0.930. The average Bonchev–Trinajstić information content (AvgIpc) is 2.81. The summed E-state index contributed by atoms with van der Waals surface area (Å²) in [5, 5.41) is 13.7. The van der Waals surface area contributed by atoms with Crippen molar-refractivity contribution in [2.75, 3.05) is 0 Å². The lowest BCUT2D eigenvalue weighted by Gasteiger charge is -2.05. The molecule has 1 aromatic carbocycles. The molecule has 90 valence electrons. The molecule has 1 aromatic heterocycles. The molecule has 0 aliphatic heterocycles. The largest absolute Gasteiger partial charge is 0.388 e. The second-order valence-electron chi connectivity index (χ2n) is 3.72. The lowest BCUT2D eigenvalue weighted by atomic mass is 10.2. The zero-order valence-corrected chi connectivity index (χ0v) is 10.0. The third-order valence-corrected chi connectivity index (χ3v) is 2.84. The van der Waals surface area contributed by atoms with E-state index in [1.54, 1.807) is 18.3 Å². The number of aliphatic hydroxyl groups is 1. The molecule has 1 unspecified atom stereocenters. The lowest BCUT2D eigenvalue weighted by molar-refractivity contribution is 0.173. The van der Waals surface area contributed by atoms with E-state index in [9.17, 15) is 9.50 Å². The number of aromatic nitrogens is 2.